The summed E-state index contributed by atoms with van der Waals surface area (Å²) in [5.74, 6) is -0.361. The summed E-state index contributed by atoms with van der Waals surface area (Å²) < 4.78 is 27.5. The molecule has 2 unspecified atom stereocenters. The van der Waals surface area contributed by atoms with E-state index in [2.05, 4.69) is 15.3 Å². The molecule has 0 aromatic carbocycles. The molecule has 2 atom stereocenters. The highest BCUT2D eigenvalue weighted by molar-refractivity contribution is 7.90. The topological polar surface area (TPSA) is 98.4 Å². The maximum absolute atomic E-state index is 12.9. The number of nitrogens with one attached hydrogen (secondary N) is 1. The Kier molecular flexibility index (Phi) is 4.03. The first kappa shape index (κ1) is 16.8. The van der Waals surface area contributed by atoms with Gasteiger partial charge in [-0.05, 0) is 31.4 Å². The largest absolute Gasteiger partial charge is 0.346 e. The summed E-state index contributed by atoms with van der Waals surface area (Å²) in [5, 5.41) is 2.90. The number of sulfone groups is 1. The highest BCUT2D eigenvalue weighted by atomic mass is 32.2. The average Bonchev–Trinajstić information content (AvgIpc) is 3.32. The van der Waals surface area contributed by atoms with Crippen LogP contribution in [0.2, 0.25) is 0 Å². The van der Waals surface area contributed by atoms with E-state index in [1.54, 1.807) is 36.9 Å². The molecule has 26 heavy (non-hydrogen) atoms. The van der Waals surface area contributed by atoms with Crippen molar-refractivity contribution in [3.8, 4) is 0 Å². The summed E-state index contributed by atoms with van der Waals surface area (Å²) in [4.78, 5) is 21.1. The Labute approximate surface area is 150 Å². The summed E-state index contributed by atoms with van der Waals surface area (Å²) in [7, 11) is -3.56. The quantitative estimate of drug-likeness (QED) is 0.746. The van der Waals surface area contributed by atoms with Crippen LogP contribution in [0.25, 0.3) is 5.52 Å². The Morgan fingerprint density at radius 3 is 2.85 bits per heavy atom. The number of rotatable bonds is 4. The third kappa shape index (κ3) is 2.88. The standard InChI is InChI=1S/C17H19N5O3S/c1-26(24,25)17-20-15(14-6-2-3-9-22(14)17)16(23)19-12-5-4-7-13(12)21-10-8-18-11-21/h2-3,6,8-13H,4-5,7H2,1H3,(H,19,23). The van der Waals surface area contributed by atoms with Gasteiger partial charge in [0, 0.05) is 30.9 Å². The Morgan fingerprint density at radius 1 is 1.27 bits per heavy atom. The average molecular weight is 373 g/mol. The molecule has 4 rings (SSSR count). The number of hydrogen-bond acceptors (Lipinski definition) is 5. The van der Waals surface area contributed by atoms with Crippen LogP contribution in [0.15, 0.2) is 48.3 Å². The number of amides is 1. The number of carbonyl (C=O) groups excluding carboxylic acids is 1. The van der Waals surface area contributed by atoms with Crippen LogP contribution < -0.4 is 5.32 Å². The highest BCUT2D eigenvalue weighted by Gasteiger charge is 2.31. The second-order valence-electron chi connectivity index (χ2n) is 6.56. The van der Waals surface area contributed by atoms with Crippen LogP contribution in [0.3, 0.4) is 0 Å². The highest BCUT2D eigenvalue weighted by Crippen LogP contribution is 2.30. The fourth-order valence-corrected chi connectivity index (χ4v) is 4.38. The van der Waals surface area contributed by atoms with E-state index in [-0.39, 0.29) is 28.8 Å². The summed E-state index contributed by atoms with van der Waals surface area (Å²) in [6.45, 7) is 0. The lowest BCUT2D eigenvalue weighted by Crippen LogP contribution is -2.38. The number of nitrogens with zero attached hydrogens (tertiary/aromatic N) is 4. The molecule has 8 nitrogen and oxygen atoms in total. The Hall–Kier alpha value is -2.68. The second kappa shape index (κ2) is 6.24. The van der Waals surface area contributed by atoms with Crippen LogP contribution in [0.5, 0.6) is 0 Å². The van der Waals surface area contributed by atoms with Crippen molar-refractivity contribution in [2.75, 3.05) is 6.26 Å². The van der Waals surface area contributed by atoms with E-state index in [4.69, 9.17) is 0 Å². The Balaban J connectivity index is 1.67. The van der Waals surface area contributed by atoms with Gasteiger partial charge in [0.05, 0.1) is 17.9 Å². The maximum atomic E-state index is 12.9. The molecule has 1 aliphatic rings. The Morgan fingerprint density at radius 2 is 2.12 bits per heavy atom. The lowest BCUT2D eigenvalue weighted by atomic mass is 10.1. The third-order valence-electron chi connectivity index (χ3n) is 4.77. The minimum Gasteiger partial charge on any atom is -0.346 e. The van der Waals surface area contributed by atoms with Crippen LogP contribution in [0.1, 0.15) is 35.8 Å². The number of fused-ring (bicyclic) bond motifs is 1. The van der Waals surface area contributed by atoms with Crippen LogP contribution in [0.4, 0.5) is 0 Å². The van der Waals surface area contributed by atoms with Crippen molar-refractivity contribution in [1.82, 2.24) is 24.3 Å². The molecule has 3 aromatic heterocycles. The molecule has 0 bridgehead atoms. The van der Waals surface area contributed by atoms with Gasteiger partial charge in [0.1, 0.15) is 0 Å². The number of pyridine rings is 1. The SMILES string of the molecule is CS(=O)(=O)c1nc(C(=O)NC2CCCC2n2ccnc2)c2ccccn12. The first-order valence-corrected chi connectivity index (χ1v) is 10.3. The molecule has 1 aliphatic carbocycles. The van der Waals surface area contributed by atoms with Crippen molar-refractivity contribution >= 4 is 21.3 Å². The van der Waals surface area contributed by atoms with Crippen LogP contribution in [0, 0.1) is 0 Å². The second-order valence-corrected chi connectivity index (χ2v) is 8.47. The van der Waals surface area contributed by atoms with E-state index < -0.39 is 9.84 Å². The monoisotopic (exact) mass is 373 g/mol. The van der Waals surface area contributed by atoms with Crippen molar-refractivity contribution in [3.05, 3.63) is 48.8 Å². The third-order valence-corrected chi connectivity index (χ3v) is 5.72. The smallest absolute Gasteiger partial charge is 0.272 e. The van der Waals surface area contributed by atoms with Crippen LogP contribution in [-0.2, 0) is 9.84 Å². The number of imidazole rings is 2. The minimum absolute atomic E-state index is 0.0427. The fraction of sp³-hybridized carbons (Fsp3) is 0.353. The number of aromatic nitrogens is 4. The molecule has 136 valence electrons. The zero-order valence-corrected chi connectivity index (χ0v) is 15.1. The fourth-order valence-electron chi connectivity index (χ4n) is 3.61. The number of hydrogen-bond donors (Lipinski definition) is 1. The molecule has 3 heterocycles. The van der Waals surface area contributed by atoms with Gasteiger partial charge >= 0.3 is 0 Å². The molecule has 0 radical (unpaired) electrons. The molecule has 0 aliphatic heterocycles. The lowest BCUT2D eigenvalue weighted by molar-refractivity contribution is 0.0925. The van der Waals surface area contributed by atoms with Gasteiger partial charge in [-0.25, -0.2) is 18.4 Å². The molecule has 3 aromatic rings. The molecule has 1 amide bonds. The molecule has 1 N–H and O–H groups in total. The van der Waals surface area contributed by atoms with Crippen molar-refractivity contribution in [3.63, 3.8) is 0 Å². The van der Waals surface area contributed by atoms with Gasteiger partial charge in [-0.15, -0.1) is 0 Å². The van der Waals surface area contributed by atoms with Gasteiger partial charge in [-0.1, -0.05) is 6.07 Å². The summed E-state index contributed by atoms with van der Waals surface area (Å²) in [6.07, 6.45) is 10.9. The summed E-state index contributed by atoms with van der Waals surface area (Å²) in [5.41, 5.74) is 0.602. The van der Waals surface area contributed by atoms with E-state index in [1.165, 1.54) is 4.40 Å². The van der Waals surface area contributed by atoms with Gasteiger partial charge < -0.3 is 9.88 Å². The summed E-state index contributed by atoms with van der Waals surface area (Å²) in [6, 6.07) is 5.25. The molecule has 1 fully saturated rings. The molecular formula is C17H19N5O3S. The molecular weight excluding hydrogens is 354 g/mol. The zero-order valence-electron chi connectivity index (χ0n) is 14.2. The predicted octanol–water partition coefficient (Wildman–Crippen LogP) is 1.46. The van der Waals surface area contributed by atoms with Gasteiger partial charge in [0.25, 0.3) is 5.91 Å². The van der Waals surface area contributed by atoms with Gasteiger partial charge in [-0.2, -0.15) is 0 Å². The minimum atomic E-state index is -3.56. The van der Waals surface area contributed by atoms with Gasteiger partial charge in [0.2, 0.25) is 15.0 Å². The van der Waals surface area contributed by atoms with Gasteiger partial charge in [0.15, 0.2) is 5.69 Å². The zero-order chi connectivity index (χ0) is 18.3. The van der Waals surface area contributed by atoms with E-state index in [1.807, 2.05) is 10.8 Å². The van der Waals surface area contributed by atoms with Crippen molar-refractivity contribution < 1.29 is 13.2 Å². The van der Waals surface area contributed by atoms with E-state index in [0.717, 1.165) is 25.5 Å². The van der Waals surface area contributed by atoms with E-state index in [0.29, 0.717) is 5.52 Å². The normalized spacial score (nSPS) is 20.5. The molecule has 9 heteroatoms. The first-order chi connectivity index (χ1) is 12.4. The van der Waals surface area contributed by atoms with Crippen molar-refractivity contribution in [2.45, 2.75) is 36.5 Å². The van der Waals surface area contributed by atoms with E-state index >= 15 is 0 Å². The van der Waals surface area contributed by atoms with Crippen molar-refractivity contribution in [2.24, 2.45) is 0 Å². The number of carbonyl (C=O) groups is 1. The summed E-state index contributed by atoms with van der Waals surface area (Å²) >= 11 is 0. The molecule has 1 saturated carbocycles. The first-order valence-electron chi connectivity index (χ1n) is 8.40. The predicted molar refractivity (Wildman–Crippen MR) is 94.7 cm³/mol. The Bertz CT molecular complexity index is 1060. The van der Waals surface area contributed by atoms with E-state index in [9.17, 15) is 13.2 Å². The van der Waals surface area contributed by atoms with Crippen LogP contribution >= 0.6 is 0 Å². The van der Waals surface area contributed by atoms with Crippen LogP contribution in [-0.4, -0.2) is 45.6 Å². The molecule has 0 spiro atoms. The maximum Gasteiger partial charge on any atom is 0.272 e. The molecule has 0 saturated heterocycles. The van der Waals surface area contributed by atoms with Crippen molar-refractivity contribution in [1.29, 1.82) is 0 Å². The van der Waals surface area contributed by atoms with Gasteiger partial charge in [-0.3, -0.25) is 9.20 Å². The lowest BCUT2D eigenvalue weighted by Gasteiger charge is -2.21.